The second kappa shape index (κ2) is 9.33. The number of halogens is 2. The first kappa shape index (κ1) is 22.3. The molecule has 0 atom stereocenters. The summed E-state index contributed by atoms with van der Waals surface area (Å²) in [6.45, 7) is 4.12. The number of imidazole rings is 1. The molecule has 0 radical (unpaired) electrons. The molecule has 1 aromatic heterocycles. The van der Waals surface area contributed by atoms with Gasteiger partial charge in [0.15, 0.2) is 0 Å². The zero-order valence-corrected chi connectivity index (χ0v) is 19.4. The first-order chi connectivity index (χ1) is 15.4. The van der Waals surface area contributed by atoms with Gasteiger partial charge in [-0.25, -0.2) is 13.4 Å². The van der Waals surface area contributed by atoms with Crippen LogP contribution in [0.5, 0.6) is 0 Å². The van der Waals surface area contributed by atoms with Gasteiger partial charge in [0, 0.05) is 17.7 Å². The Kier molecular flexibility index (Phi) is 6.51. The normalized spacial score (nSPS) is 11.4. The summed E-state index contributed by atoms with van der Waals surface area (Å²) in [5.74, 6) is -0.249. The van der Waals surface area contributed by atoms with Crippen LogP contribution in [-0.2, 0) is 22.1 Å². The van der Waals surface area contributed by atoms with E-state index in [9.17, 15) is 8.42 Å². The van der Waals surface area contributed by atoms with Crippen LogP contribution in [0.1, 0.15) is 5.56 Å². The Morgan fingerprint density at radius 1 is 0.875 bits per heavy atom. The predicted molar refractivity (Wildman–Crippen MR) is 131 cm³/mol. The van der Waals surface area contributed by atoms with Gasteiger partial charge in [-0.3, -0.25) is 0 Å². The first-order valence-corrected chi connectivity index (χ1v) is 12.3. The second-order valence-corrected chi connectivity index (χ2v) is 9.93. The summed E-state index contributed by atoms with van der Waals surface area (Å²) < 4.78 is 28.8. The molecule has 0 N–H and O–H groups in total. The van der Waals surface area contributed by atoms with E-state index in [-0.39, 0.29) is 10.9 Å². The van der Waals surface area contributed by atoms with Crippen molar-refractivity contribution in [2.75, 3.05) is 0 Å². The standard InChI is InChI=1S/C25H20Cl2N2O2S/c1-2-15-29-24(20-11-7-4-8-12-20)23(19-9-5-3-6-10-19)28-25(29)32(30,31)17-18-13-14-21(26)22(27)16-18/h2-14,16H,1,15,17H2. The van der Waals surface area contributed by atoms with Crippen molar-refractivity contribution < 1.29 is 8.42 Å². The van der Waals surface area contributed by atoms with Gasteiger partial charge >= 0.3 is 0 Å². The van der Waals surface area contributed by atoms with Gasteiger partial charge in [0.1, 0.15) is 0 Å². The molecule has 0 saturated heterocycles. The highest BCUT2D eigenvalue weighted by Gasteiger charge is 2.28. The van der Waals surface area contributed by atoms with Crippen LogP contribution in [0, 0.1) is 0 Å². The smallest absolute Gasteiger partial charge is 0.229 e. The van der Waals surface area contributed by atoms with Crippen LogP contribution in [0.2, 0.25) is 10.0 Å². The van der Waals surface area contributed by atoms with E-state index < -0.39 is 9.84 Å². The van der Waals surface area contributed by atoms with E-state index in [0.717, 1.165) is 16.8 Å². The molecule has 0 fully saturated rings. The number of nitrogens with zero attached hydrogens (tertiary/aromatic N) is 2. The fourth-order valence-electron chi connectivity index (χ4n) is 3.57. The van der Waals surface area contributed by atoms with E-state index >= 15 is 0 Å². The zero-order valence-electron chi connectivity index (χ0n) is 17.1. The summed E-state index contributed by atoms with van der Waals surface area (Å²) in [7, 11) is -3.81. The largest absolute Gasteiger partial charge is 0.310 e. The molecule has 32 heavy (non-hydrogen) atoms. The average molecular weight is 483 g/mol. The quantitative estimate of drug-likeness (QED) is 0.276. The Morgan fingerprint density at radius 3 is 2.09 bits per heavy atom. The summed E-state index contributed by atoms with van der Waals surface area (Å²) >= 11 is 12.1. The third kappa shape index (κ3) is 4.51. The molecule has 0 aliphatic carbocycles. The summed E-state index contributed by atoms with van der Waals surface area (Å²) in [5, 5.41) is 0.670. The summed E-state index contributed by atoms with van der Waals surface area (Å²) in [6, 6.07) is 24.0. The van der Waals surface area contributed by atoms with Crippen LogP contribution in [0.3, 0.4) is 0 Å². The van der Waals surface area contributed by atoms with Crippen molar-refractivity contribution in [3.63, 3.8) is 0 Å². The predicted octanol–water partition coefficient (Wildman–Crippen LogP) is 6.68. The van der Waals surface area contributed by atoms with Gasteiger partial charge in [0.05, 0.1) is 27.2 Å². The van der Waals surface area contributed by atoms with Crippen LogP contribution in [0.4, 0.5) is 0 Å². The Labute approximate surface area is 197 Å². The van der Waals surface area contributed by atoms with Crippen LogP contribution in [-0.4, -0.2) is 18.0 Å². The van der Waals surface area contributed by atoms with Crippen molar-refractivity contribution in [3.05, 3.63) is 107 Å². The van der Waals surface area contributed by atoms with Crippen LogP contribution < -0.4 is 0 Å². The average Bonchev–Trinajstić information content (AvgIpc) is 3.18. The summed E-state index contributed by atoms with van der Waals surface area (Å²) in [5.41, 5.74) is 3.57. The van der Waals surface area contributed by atoms with Crippen molar-refractivity contribution in [2.24, 2.45) is 0 Å². The Morgan fingerprint density at radius 2 is 1.50 bits per heavy atom. The molecule has 0 aliphatic rings. The highest BCUT2D eigenvalue weighted by Crippen LogP contribution is 2.35. The van der Waals surface area contributed by atoms with E-state index in [2.05, 4.69) is 11.6 Å². The third-order valence-corrected chi connectivity index (χ3v) is 7.28. The number of aromatic nitrogens is 2. The highest BCUT2D eigenvalue weighted by molar-refractivity contribution is 7.90. The lowest BCUT2D eigenvalue weighted by atomic mass is 10.0. The fraction of sp³-hybridized carbons (Fsp3) is 0.0800. The Balaban J connectivity index is 1.92. The summed E-state index contributed by atoms with van der Waals surface area (Å²) in [4.78, 5) is 4.65. The van der Waals surface area contributed by atoms with E-state index in [0.29, 0.717) is 27.8 Å². The molecule has 4 aromatic rings. The molecule has 0 amide bonds. The maximum absolute atomic E-state index is 13.5. The summed E-state index contributed by atoms with van der Waals surface area (Å²) in [6.07, 6.45) is 1.67. The lowest BCUT2D eigenvalue weighted by molar-refractivity contribution is 0.574. The lowest BCUT2D eigenvalue weighted by Crippen LogP contribution is -2.13. The van der Waals surface area contributed by atoms with Crippen molar-refractivity contribution in [1.82, 2.24) is 9.55 Å². The van der Waals surface area contributed by atoms with E-state index in [1.165, 1.54) is 0 Å². The second-order valence-electron chi connectivity index (χ2n) is 7.23. The number of allylic oxidation sites excluding steroid dienone is 1. The number of benzene rings is 3. The minimum absolute atomic E-state index is 0.0128. The van der Waals surface area contributed by atoms with Crippen LogP contribution in [0.15, 0.2) is 96.7 Å². The number of sulfone groups is 1. The van der Waals surface area contributed by atoms with Gasteiger partial charge in [-0.2, -0.15) is 0 Å². The number of hydrogen-bond donors (Lipinski definition) is 0. The maximum atomic E-state index is 13.5. The van der Waals surface area contributed by atoms with Gasteiger partial charge < -0.3 is 4.57 Å². The van der Waals surface area contributed by atoms with Gasteiger partial charge in [-0.15, -0.1) is 6.58 Å². The van der Waals surface area contributed by atoms with Crippen molar-refractivity contribution in [1.29, 1.82) is 0 Å². The fourth-order valence-corrected chi connectivity index (χ4v) is 5.37. The van der Waals surface area contributed by atoms with Crippen LogP contribution in [0.25, 0.3) is 22.5 Å². The number of rotatable bonds is 7. The van der Waals surface area contributed by atoms with E-state index in [1.54, 1.807) is 28.8 Å². The van der Waals surface area contributed by atoms with E-state index in [1.807, 2.05) is 60.7 Å². The molecule has 0 saturated carbocycles. The van der Waals surface area contributed by atoms with Crippen LogP contribution >= 0.6 is 23.2 Å². The SMILES string of the molecule is C=CCn1c(S(=O)(=O)Cc2ccc(Cl)c(Cl)c2)nc(-c2ccccc2)c1-c1ccccc1. The Bertz CT molecular complexity index is 1370. The molecule has 4 nitrogen and oxygen atoms in total. The first-order valence-electron chi connectivity index (χ1n) is 9.89. The molecule has 162 valence electrons. The van der Waals surface area contributed by atoms with Crippen molar-refractivity contribution in [2.45, 2.75) is 17.5 Å². The maximum Gasteiger partial charge on any atom is 0.229 e. The van der Waals surface area contributed by atoms with Gasteiger partial charge in [0.25, 0.3) is 0 Å². The topological polar surface area (TPSA) is 52.0 Å². The molecule has 0 bridgehead atoms. The molecular formula is C25H20Cl2N2O2S. The van der Waals surface area contributed by atoms with E-state index in [4.69, 9.17) is 23.2 Å². The zero-order chi connectivity index (χ0) is 22.7. The van der Waals surface area contributed by atoms with Gasteiger partial charge in [-0.05, 0) is 17.7 Å². The minimum Gasteiger partial charge on any atom is -0.310 e. The lowest BCUT2D eigenvalue weighted by Gasteiger charge is -2.12. The molecule has 1 heterocycles. The van der Waals surface area contributed by atoms with Crippen molar-refractivity contribution in [3.8, 4) is 22.5 Å². The molecular weight excluding hydrogens is 463 g/mol. The highest BCUT2D eigenvalue weighted by atomic mass is 35.5. The van der Waals surface area contributed by atoms with Gasteiger partial charge in [0.2, 0.25) is 15.0 Å². The van der Waals surface area contributed by atoms with Crippen molar-refractivity contribution >= 4 is 33.0 Å². The monoisotopic (exact) mass is 482 g/mol. The molecule has 0 unspecified atom stereocenters. The molecule has 7 heteroatoms. The molecule has 0 spiro atoms. The minimum atomic E-state index is -3.81. The molecule has 0 aliphatic heterocycles. The molecule has 3 aromatic carbocycles. The third-order valence-electron chi connectivity index (χ3n) is 4.96. The number of hydrogen-bond acceptors (Lipinski definition) is 3. The molecule has 4 rings (SSSR count). The van der Waals surface area contributed by atoms with Gasteiger partial charge in [-0.1, -0.05) is 96.0 Å². The Hall–Kier alpha value is -2.86.